The number of nitriles is 1. The predicted molar refractivity (Wildman–Crippen MR) is 205 cm³/mol. The maximum Gasteiger partial charge on any atom is 0.272 e. The minimum absolute atomic E-state index is 0.0929. The maximum absolute atomic E-state index is 13.6. The molecule has 5 aromatic rings. The molecule has 8 nitrogen and oxygen atoms in total. The van der Waals surface area contributed by atoms with Crippen LogP contribution in [0.1, 0.15) is 50.0 Å². The van der Waals surface area contributed by atoms with Gasteiger partial charge >= 0.3 is 0 Å². The van der Waals surface area contributed by atoms with Crippen molar-refractivity contribution in [3.05, 3.63) is 153 Å². The Bertz CT molecular complexity index is 2120. The van der Waals surface area contributed by atoms with E-state index < -0.39 is 17.1 Å². The highest BCUT2D eigenvalue weighted by Crippen LogP contribution is 2.38. The molecular weight excluding hydrogens is 675 g/mol. The highest BCUT2D eigenvalue weighted by atomic mass is 32.2. The summed E-state index contributed by atoms with van der Waals surface area (Å²) in [6.07, 6.45) is 2.41. The number of amides is 3. The molecular formula is C41H37N5O3S2. The van der Waals surface area contributed by atoms with Crippen molar-refractivity contribution in [3.63, 3.8) is 0 Å². The van der Waals surface area contributed by atoms with E-state index in [2.05, 4.69) is 39.1 Å². The first kappa shape index (κ1) is 35.4. The van der Waals surface area contributed by atoms with Gasteiger partial charge < -0.3 is 16.0 Å². The molecule has 1 aliphatic rings. The Balaban J connectivity index is 1.11. The normalized spacial score (nSPS) is 13.4. The van der Waals surface area contributed by atoms with Crippen LogP contribution in [0.3, 0.4) is 0 Å². The summed E-state index contributed by atoms with van der Waals surface area (Å²) in [5.41, 5.74) is 5.66. The number of carbonyl (C=O) groups is 3. The standard InChI is InChI=1S/C41H37N5O3S2/c1-27-11-9-14-30(21-27)22-36(44-39(48)31-15-7-4-8-16-31)40(49)43-32-17-10-18-33(23-32)50-28(2)38(47)45-41-35(24-42)34-19-20-46(26-37(34)51-41)25-29-12-5-3-6-13-29/h3-18,21-23,28H,19-20,25-26H2,1-2H3,(H,43,49)(H,44,48)(H,45,47)/b36-22+. The van der Waals surface area contributed by atoms with E-state index in [4.69, 9.17) is 0 Å². The number of anilines is 2. The molecule has 0 saturated heterocycles. The van der Waals surface area contributed by atoms with Crippen molar-refractivity contribution in [3.8, 4) is 6.07 Å². The average Bonchev–Trinajstić information content (AvgIpc) is 3.48. The minimum Gasteiger partial charge on any atom is -0.321 e. The lowest BCUT2D eigenvalue weighted by atomic mass is 10.0. The molecule has 3 N–H and O–H groups in total. The number of carbonyl (C=O) groups excluding carboxylic acids is 3. The second-order valence-electron chi connectivity index (χ2n) is 12.3. The van der Waals surface area contributed by atoms with Crippen molar-refractivity contribution in [1.29, 1.82) is 5.26 Å². The van der Waals surface area contributed by atoms with E-state index in [1.54, 1.807) is 48.5 Å². The van der Waals surface area contributed by atoms with Gasteiger partial charge in [-0.2, -0.15) is 5.26 Å². The molecule has 6 rings (SSSR count). The first-order chi connectivity index (χ1) is 24.7. The zero-order chi connectivity index (χ0) is 35.7. The molecule has 0 bridgehead atoms. The summed E-state index contributed by atoms with van der Waals surface area (Å²) in [7, 11) is 0. The second kappa shape index (κ2) is 16.5. The lowest BCUT2D eigenvalue weighted by molar-refractivity contribution is -0.115. The fourth-order valence-corrected chi connectivity index (χ4v) is 7.99. The Labute approximate surface area is 306 Å². The van der Waals surface area contributed by atoms with Gasteiger partial charge in [0.25, 0.3) is 11.8 Å². The van der Waals surface area contributed by atoms with Crippen LogP contribution in [-0.2, 0) is 29.1 Å². The quantitative estimate of drug-likeness (QED) is 0.0945. The number of aryl methyl sites for hydroxylation is 1. The SMILES string of the molecule is Cc1cccc(/C=C(/NC(=O)c2ccccc2)C(=O)Nc2cccc(SC(C)C(=O)Nc3sc4c(c3C#N)CCN(Cc3ccccc3)C4)c2)c1. The zero-order valence-corrected chi connectivity index (χ0v) is 29.9. The van der Waals surface area contributed by atoms with E-state index in [1.807, 2.05) is 68.4 Å². The number of nitrogens with zero attached hydrogens (tertiary/aromatic N) is 2. The van der Waals surface area contributed by atoms with Crippen LogP contribution in [0.2, 0.25) is 0 Å². The molecule has 256 valence electrons. The number of benzene rings is 4. The molecule has 51 heavy (non-hydrogen) atoms. The number of hydrogen-bond acceptors (Lipinski definition) is 7. The molecule has 4 aromatic carbocycles. The average molecular weight is 712 g/mol. The number of rotatable bonds is 11. The Hall–Kier alpha value is -5.47. The fraction of sp³-hybridized carbons (Fsp3) is 0.171. The summed E-state index contributed by atoms with van der Waals surface area (Å²) in [4.78, 5) is 44.3. The summed E-state index contributed by atoms with van der Waals surface area (Å²) in [6.45, 7) is 6.19. The molecule has 0 saturated carbocycles. The van der Waals surface area contributed by atoms with Gasteiger partial charge in [0.2, 0.25) is 5.91 Å². The van der Waals surface area contributed by atoms with Crippen molar-refractivity contribution < 1.29 is 14.4 Å². The highest BCUT2D eigenvalue weighted by Gasteiger charge is 2.26. The lowest BCUT2D eigenvalue weighted by Gasteiger charge is -2.26. The van der Waals surface area contributed by atoms with Gasteiger partial charge in [-0.15, -0.1) is 23.1 Å². The van der Waals surface area contributed by atoms with Gasteiger partial charge in [-0.25, -0.2) is 0 Å². The molecule has 1 atom stereocenters. The van der Waals surface area contributed by atoms with Gasteiger partial charge in [-0.3, -0.25) is 19.3 Å². The van der Waals surface area contributed by atoms with Gasteiger partial charge in [0, 0.05) is 40.7 Å². The molecule has 0 aliphatic carbocycles. The van der Waals surface area contributed by atoms with E-state index in [0.717, 1.165) is 52.5 Å². The molecule has 1 aromatic heterocycles. The third-order valence-corrected chi connectivity index (χ3v) is 10.6. The van der Waals surface area contributed by atoms with Crippen LogP contribution in [0.4, 0.5) is 10.7 Å². The molecule has 1 unspecified atom stereocenters. The summed E-state index contributed by atoms with van der Waals surface area (Å²) < 4.78 is 0. The summed E-state index contributed by atoms with van der Waals surface area (Å²) in [5.74, 6) is -1.09. The number of nitrogens with one attached hydrogen (secondary N) is 3. The summed E-state index contributed by atoms with van der Waals surface area (Å²) in [5, 5.41) is 18.8. The van der Waals surface area contributed by atoms with Crippen molar-refractivity contribution in [2.45, 2.75) is 43.5 Å². The second-order valence-corrected chi connectivity index (χ2v) is 14.8. The molecule has 3 amide bonds. The lowest BCUT2D eigenvalue weighted by Crippen LogP contribution is -2.30. The topological polar surface area (TPSA) is 114 Å². The van der Waals surface area contributed by atoms with Crippen LogP contribution in [0.25, 0.3) is 6.08 Å². The van der Waals surface area contributed by atoms with Gasteiger partial charge in [0.15, 0.2) is 0 Å². The van der Waals surface area contributed by atoms with Gasteiger partial charge in [0.05, 0.1) is 10.8 Å². The van der Waals surface area contributed by atoms with Crippen molar-refractivity contribution in [2.24, 2.45) is 0 Å². The van der Waals surface area contributed by atoms with Crippen molar-refractivity contribution in [1.82, 2.24) is 10.2 Å². The zero-order valence-electron chi connectivity index (χ0n) is 28.3. The van der Waals surface area contributed by atoms with Gasteiger partial charge in [-0.05, 0) is 73.4 Å². The van der Waals surface area contributed by atoms with E-state index in [1.165, 1.54) is 28.7 Å². The van der Waals surface area contributed by atoms with Crippen LogP contribution >= 0.6 is 23.1 Å². The maximum atomic E-state index is 13.6. The summed E-state index contributed by atoms with van der Waals surface area (Å²) in [6, 6.07) is 36.2. The number of fused-ring (bicyclic) bond motifs is 1. The largest absolute Gasteiger partial charge is 0.321 e. The smallest absolute Gasteiger partial charge is 0.272 e. The first-order valence-corrected chi connectivity index (χ1v) is 18.3. The molecule has 0 spiro atoms. The van der Waals surface area contributed by atoms with Gasteiger partial charge in [-0.1, -0.05) is 84.4 Å². The summed E-state index contributed by atoms with van der Waals surface area (Å²) >= 11 is 2.83. The number of thiophene rings is 1. The van der Waals surface area contributed by atoms with E-state index in [-0.39, 0.29) is 11.6 Å². The monoisotopic (exact) mass is 711 g/mol. The Kier molecular flexibility index (Phi) is 11.4. The van der Waals surface area contributed by atoms with E-state index in [0.29, 0.717) is 21.8 Å². The van der Waals surface area contributed by atoms with Crippen molar-refractivity contribution in [2.75, 3.05) is 17.2 Å². The van der Waals surface area contributed by atoms with Crippen LogP contribution < -0.4 is 16.0 Å². The number of hydrogen-bond donors (Lipinski definition) is 3. The third kappa shape index (κ3) is 9.21. The van der Waals surface area contributed by atoms with Crippen LogP contribution in [0.5, 0.6) is 0 Å². The molecule has 2 heterocycles. The van der Waals surface area contributed by atoms with Crippen LogP contribution in [0, 0.1) is 18.3 Å². The van der Waals surface area contributed by atoms with Gasteiger partial charge in [0.1, 0.15) is 16.8 Å². The Morgan fingerprint density at radius 2 is 1.69 bits per heavy atom. The van der Waals surface area contributed by atoms with E-state index >= 15 is 0 Å². The fourth-order valence-electron chi connectivity index (χ4n) is 5.83. The molecule has 1 aliphatic heterocycles. The molecule has 10 heteroatoms. The Morgan fingerprint density at radius 3 is 2.43 bits per heavy atom. The first-order valence-electron chi connectivity index (χ1n) is 16.6. The van der Waals surface area contributed by atoms with Crippen LogP contribution in [0.15, 0.2) is 120 Å². The van der Waals surface area contributed by atoms with E-state index in [9.17, 15) is 19.6 Å². The highest BCUT2D eigenvalue weighted by molar-refractivity contribution is 8.00. The minimum atomic E-state index is -0.488. The Morgan fingerprint density at radius 1 is 0.941 bits per heavy atom. The predicted octanol–water partition coefficient (Wildman–Crippen LogP) is 8.02. The molecule has 0 fully saturated rings. The van der Waals surface area contributed by atoms with Crippen LogP contribution in [-0.4, -0.2) is 34.4 Å². The third-order valence-electron chi connectivity index (χ3n) is 8.39. The van der Waals surface area contributed by atoms with Crippen molar-refractivity contribution >= 4 is 57.6 Å². The molecule has 0 radical (unpaired) electrons. The number of thioether (sulfide) groups is 1.